The minimum Gasteiger partial charge on any atom is -0.456 e. The highest BCUT2D eigenvalue weighted by Crippen LogP contribution is 2.51. The first-order valence-electron chi connectivity index (χ1n) is 17.6. The molecule has 55 heavy (non-hydrogen) atoms. The van der Waals surface area contributed by atoms with Crippen LogP contribution in [0.3, 0.4) is 0 Å². The Morgan fingerprint density at radius 2 is 1.20 bits per heavy atom. The summed E-state index contributed by atoms with van der Waals surface area (Å²) >= 11 is 0. The molecule has 1 aromatic carbocycles. The van der Waals surface area contributed by atoms with Gasteiger partial charge in [0.25, 0.3) is 0 Å². The Labute approximate surface area is 316 Å². The highest BCUT2D eigenvalue weighted by molar-refractivity contribution is 5.70. The molecule has 306 valence electrons. The zero-order valence-electron chi connectivity index (χ0n) is 31.4. The third-order valence-corrected chi connectivity index (χ3v) is 8.87. The van der Waals surface area contributed by atoms with E-state index in [4.69, 9.17) is 52.1 Å². The van der Waals surface area contributed by atoms with Gasteiger partial charge in [-0.2, -0.15) is 0 Å². The fourth-order valence-corrected chi connectivity index (χ4v) is 7.04. The van der Waals surface area contributed by atoms with Crippen molar-refractivity contribution in [1.82, 2.24) is 0 Å². The van der Waals surface area contributed by atoms with Gasteiger partial charge in [-0.25, -0.2) is 0 Å². The number of aryl methyl sites for hydroxylation is 1. The number of esters is 6. The third kappa shape index (κ3) is 10.7. The number of hydrogen-bond acceptors (Lipinski definition) is 19. The number of carbonyl (C=O) groups is 6. The maximum Gasteiger partial charge on any atom is 0.303 e. The molecular formula is C36H48O19. The van der Waals surface area contributed by atoms with Crippen LogP contribution in [0.5, 0.6) is 0 Å². The maximum atomic E-state index is 12.6. The highest BCUT2D eigenvalue weighted by atomic mass is 16.7. The lowest BCUT2D eigenvalue weighted by Crippen LogP contribution is -2.73. The largest absolute Gasteiger partial charge is 0.456 e. The van der Waals surface area contributed by atoms with Gasteiger partial charge in [-0.1, -0.05) is 24.3 Å². The Morgan fingerprint density at radius 1 is 0.673 bits per heavy atom. The molecular weight excluding hydrogens is 736 g/mol. The first kappa shape index (κ1) is 43.5. The van der Waals surface area contributed by atoms with Crippen LogP contribution in [0.15, 0.2) is 24.3 Å². The van der Waals surface area contributed by atoms with Crippen molar-refractivity contribution >= 4 is 35.8 Å². The van der Waals surface area contributed by atoms with E-state index in [-0.39, 0.29) is 58.0 Å². The van der Waals surface area contributed by atoms with E-state index >= 15 is 0 Å². The third-order valence-electron chi connectivity index (χ3n) is 8.87. The summed E-state index contributed by atoms with van der Waals surface area (Å²) < 4.78 is 61.5. The molecule has 2 saturated heterocycles. The number of ether oxygens (including phenoxy) is 11. The van der Waals surface area contributed by atoms with E-state index in [2.05, 4.69) is 0 Å². The molecule has 3 aliphatic rings. The van der Waals surface area contributed by atoms with Crippen LogP contribution in [0.2, 0.25) is 0 Å². The van der Waals surface area contributed by atoms with E-state index in [0.29, 0.717) is 5.56 Å². The van der Waals surface area contributed by atoms with Crippen LogP contribution >= 0.6 is 0 Å². The van der Waals surface area contributed by atoms with E-state index in [9.17, 15) is 39.0 Å². The van der Waals surface area contributed by atoms with Crippen LogP contribution < -0.4 is 0 Å². The molecule has 19 nitrogen and oxygen atoms in total. The van der Waals surface area contributed by atoms with Crippen LogP contribution in [0.1, 0.15) is 59.1 Å². The molecule has 0 spiro atoms. The Hall–Kier alpha value is -4.24. The molecule has 1 aliphatic carbocycles. The van der Waals surface area contributed by atoms with Crippen molar-refractivity contribution in [3.8, 4) is 0 Å². The van der Waals surface area contributed by atoms with E-state index in [0.717, 1.165) is 41.5 Å². The van der Waals surface area contributed by atoms with Crippen molar-refractivity contribution < 1.29 is 91.1 Å². The SMILES string of the molecule is CC(=O)O[C@@H]1[C@@H](OC(C)=O)[C@H](O)O[C@H](COCCOCCOC[C@H]2O[C@]3(O)c4ccccc4CC[C@@](OC(C)=O)([C@H]3OC(C)=O)[C@H]2OC(C)=O)[C@@H]1OC(C)=O. The lowest BCUT2D eigenvalue weighted by atomic mass is 9.76. The zero-order valence-corrected chi connectivity index (χ0v) is 31.4. The van der Waals surface area contributed by atoms with E-state index in [1.165, 1.54) is 0 Å². The summed E-state index contributed by atoms with van der Waals surface area (Å²) in [5.74, 6) is -6.98. The minimum absolute atomic E-state index is 0.00552. The van der Waals surface area contributed by atoms with Crippen LogP contribution in [-0.4, -0.2) is 140 Å². The maximum absolute atomic E-state index is 12.6. The van der Waals surface area contributed by atoms with E-state index in [1.54, 1.807) is 24.3 Å². The summed E-state index contributed by atoms with van der Waals surface area (Å²) in [7, 11) is 0. The van der Waals surface area contributed by atoms with E-state index < -0.39 is 96.2 Å². The molecule has 0 amide bonds. The first-order valence-corrected chi connectivity index (χ1v) is 17.6. The normalized spacial score (nSPS) is 31.1. The second kappa shape index (κ2) is 19.1. The van der Waals surface area contributed by atoms with Crippen LogP contribution in [-0.2, 0) is 93.1 Å². The van der Waals surface area contributed by atoms with Gasteiger partial charge in [0.15, 0.2) is 36.3 Å². The lowest BCUT2D eigenvalue weighted by molar-refractivity contribution is -0.384. The predicted octanol–water partition coefficient (Wildman–Crippen LogP) is -0.0959. The number of hydrogen-bond donors (Lipinski definition) is 2. The molecule has 2 aliphatic heterocycles. The zero-order chi connectivity index (χ0) is 40.5. The van der Waals surface area contributed by atoms with Crippen LogP contribution in [0.25, 0.3) is 0 Å². The molecule has 0 saturated carbocycles. The Bertz CT molecular complexity index is 1550. The molecule has 0 radical (unpaired) electrons. The first-order chi connectivity index (χ1) is 26.0. The summed E-state index contributed by atoms with van der Waals surface area (Å²) in [4.78, 5) is 72.7. The van der Waals surface area contributed by atoms with Crippen molar-refractivity contribution in [2.24, 2.45) is 0 Å². The smallest absolute Gasteiger partial charge is 0.303 e. The summed E-state index contributed by atoms with van der Waals surface area (Å²) in [5, 5.41) is 22.7. The number of rotatable bonds is 16. The molecule has 2 N–H and O–H groups in total. The van der Waals surface area contributed by atoms with Gasteiger partial charge in [0, 0.05) is 47.1 Å². The quantitative estimate of drug-likeness (QED) is 0.126. The van der Waals surface area contributed by atoms with Crippen LogP contribution in [0, 0.1) is 0 Å². The second-order valence-corrected chi connectivity index (χ2v) is 13.1. The molecule has 0 aromatic heterocycles. The summed E-state index contributed by atoms with van der Waals surface area (Å²) in [5.41, 5.74) is -0.954. The monoisotopic (exact) mass is 784 g/mol. The van der Waals surface area contributed by atoms with Gasteiger partial charge in [0.1, 0.15) is 12.2 Å². The Kier molecular flexibility index (Phi) is 15.1. The summed E-state index contributed by atoms with van der Waals surface area (Å²) in [6, 6.07) is 6.77. The number of carbonyl (C=O) groups excluding carboxylic acids is 6. The fourth-order valence-electron chi connectivity index (χ4n) is 7.04. The minimum atomic E-state index is -2.33. The predicted molar refractivity (Wildman–Crippen MR) is 179 cm³/mol. The summed E-state index contributed by atoms with van der Waals surface area (Å²) in [6.07, 6.45) is -11.0. The van der Waals surface area contributed by atoms with Gasteiger partial charge in [-0.05, 0) is 18.4 Å². The topological polar surface area (TPSA) is 244 Å². The second-order valence-electron chi connectivity index (χ2n) is 13.1. The Morgan fingerprint density at radius 3 is 1.78 bits per heavy atom. The fraction of sp³-hybridized carbons (Fsp3) is 0.667. The van der Waals surface area contributed by atoms with Crippen molar-refractivity contribution in [3.05, 3.63) is 35.4 Å². The van der Waals surface area contributed by atoms with Gasteiger partial charge in [0.2, 0.25) is 11.9 Å². The van der Waals surface area contributed by atoms with Crippen molar-refractivity contribution in [2.45, 2.75) is 115 Å². The van der Waals surface area contributed by atoms with Gasteiger partial charge < -0.3 is 62.3 Å². The van der Waals surface area contributed by atoms with Gasteiger partial charge >= 0.3 is 35.8 Å². The number of fused-ring (bicyclic) bond motifs is 4. The molecule has 0 unspecified atom stereocenters. The number of aliphatic hydroxyl groups is 2. The Balaban J connectivity index is 1.37. The van der Waals surface area contributed by atoms with Crippen molar-refractivity contribution in [3.63, 3.8) is 0 Å². The molecule has 1 aromatic rings. The summed E-state index contributed by atoms with van der Waals surface area (Å²) in [6.45, 7) is 6.22. The van der Waals surface area contributed by atoms with Gasteiger partial charge in [0.05, 0.1) is 39.6 Å². The van der Waals surface area contributed by atoms with Gasteiger partial charge in [-0.15, -0.1) is 0 Å². The molecule has 2 bridgehead atoms. The number of aliphatic hydroxyl groups excluding tert-OH is 1. The lowest BCUT2D eigenvalue weighted by Gasteiger charge is -2.54. The van der Waals surface area contributed by atoms with E-state index in [1.807, 2.05) is 0 Å². The van der Waals surface area contributed by atoms with Crippen molar-refractivity contribution in [2.75, 3.05) is 39.6 Å². The van der Waals surface area contributed by atoms with Crippen molar-refractivity contribution in [1.29, 1.82) is 0 Å². The molecule has 4 rings (SSSR count). The molecule has 2 heterocycles. The standard InChI is InChI=1S/C36H48O19/c1-19(37)48-29-27(53-33(43)31(50-21(3)39)30(29)49-20(2)38)17-46-15-13-45-14-16-47-18-28-32(51-22(4)40)35(54-24(6)42)12-11-25-9-7-8-10-26(25)36(44,55-28)34(35)52-23(5)41/h7-10,27-34,43-44H,11-18H2,1-6H3/t27-,28-,29+,30+,31-,32+,33-,34-,35+,36-/m1/s1. The molecule has 2 fully saturated rings. The molecule has 10 atom stereocenters. The average molecular weight is 785 g/mol. The van der Waals surface area contributed by atoms with Crippen LogP contribution in [0.4, 0.5) is 0 Å². The average Bonchev–Trinajstić information content (AvgIpc) is 3.15. The highest BCUT2D eigenvalue weighted by Gasteiger charge is 2.70. The van der Waals surface area contributed by atoms with Gasteiger partial charge in [-0.3, -0.25) is 28.8 Å². The number of benzene rings is 1. The molecule has 19 heteroatoms.